The van der Waals surface area contributed by atoms with Gasteiger partial charge >= 0.3 is 12.0 Å². The highest BCUT2D eigenvalue weighted by Gasteiger charge is 2.21. The SMILES string of the molecule is O=C(O)CN1CCN(C(=O)NCCc2ncno2)CC1. The van der Waals surface area contributed by atoms with Crippen LogP contribution >= 0.6 is 0 Å². The summed E-state index contributed by atoms with van der Waals surface area (Å²) in [5.74, 6) is -0.362. The molecule has 1 aliphatic heterocycles. The van der Waals surface area contributed by atoms with Gasteiger partial charge in [-0.2, -0.15) is 4.98 Å². The summed E-state index contributed by atoms with van der Waals surface area (Å²) in [5.41, 5.74) is 0. The molecule has 0 saturated carbocycles. The predicted octanol–water partition coefficient (Wildman–Crippen LogP) is -0.976. The van der Waals surface area contributed by atoms with Crippen LogP contribution in [0.4, 0.5) is 4.79 Å². The number of carbonyl (C=O) groups is 2. The van der Waals surface area contributed by atoms with E-state index in [-0.39, 0.29) is 12.6 Å². The minimum Gasteiger partial charge on any atom is -0.480 e. The summed E-state index contributed by atoms with van der Waals surface area (Å²) < 4.78 is 4.82. The third kappa shape index (κ3) is 4.19. The average Bonchev–Trinajstić information content (AvgIpc) is 2.92. The summed E-state index contributed by atoms with van der Waals surface area (Å²) in [5, 5.41) is 14.9. The van der Waals surface area contributed by atoms with Crippen LogP contribution in [0.1, 0.15) is 5.89 Å². The van der Waals surface area contributed by atoms with Gasteiger partial charge in [0.2, 0.25) is 5.89 Å². The maximum atomic E-state index is 11.9. The molecule has 0 aliphatic carbocycles. The Morgan fingerprint density at radius 1 is 1.35 bits per heavy atom. The van der Waals surface area contributed by atoms with Gasteiger partial charge in [0.25, 0.3) is 0 Å². The molecule has 2 amide bonds. The fraction of sp³-hybridized carbons (Fsp3) is 0.636. The van der Waals surface area contributed by atoms with Crippen LogP contribution < -0.4 is 5.32 Å². The molecule has 1 aromatic heterocycles. The molecule has 9 heteroatoms. The van der Waals surface area contributed by atoms with Crippen molar-refractivity contribution in [1.29, 1.82) is 0 Å². The topological polar surface area (TPSA) is 112 Å². The average molecular weight is 283 g/mol. The van der Waals surface area contributed by atoms with Crippen molar-refractivity contribution in [3.8, 4) is 0 Å². The van der Waals surface area contributed by atoms with Crippen molar-refractivity contribution in [2.45, 2.75) is 6.42 Å². The van der Waals surface area contributed by atoms with E-state index in [1.54, 1.807) is 4.90 Å². The molecule has 9 nitrogen and oxygen atoms in total. The van der Waals surface area contributed by atoms with E-state index < -0.39 is 5.97 Å². The molecule has 1 saturated heterocycles. The van der Waals surface area contributed by atoms with Crippen molar-refractivity contribution in [2.24, 2.45) is 0 Å². The molecule has 2 heterocycles. The number of rotatable bonds is 5. The van der Waals surface area contributed by atoms with Crippen LogP contribution in [0.3, 0.4) is 0 Å². The minimum absolute atomic E-state index is 0.0205. The molecule has 0 spiro atoms. The molecule has 0 bridgehead atoms. The first kappa shape index (κ1) is 14.3. The molecule has 20 heavy (non-hydrogen) atoms. The largest absolute Gasteiger partial charge is 0.480 e. The number of carboxylic acid groups (broad SMARTS) is 1. The molecular weight excluding hydrogens is 266 g/mol. The zero-order valence-electron chi connectivity index (χ0n) is 11.0. The number of urea groups is 1. The fourth-order valence-electron chi connectivity index (χ4n) is 1.99. The zero-order chi connectivity index (χ0) is 14.4. The van der Waals surface area contributed by atoms with E-state index in [0.717, 1.165) is 0 Å². The van der Waals surface area contributed by atoms with Crippen molar-refractivity contribution < 1.29 is 19.2 Å². The standard InChI is InChI=1S/C11H17N5O4/c17-10(18)7-15-3-5-16(6-4-15)11(19)12-2-1-9-13-8-14-20-9/h8H,1-7H2,(H,12,19)(H,17,18). The number of nitrogens with one attached hydrogen (secondary N) is 1. The van der Waals surface area contributed by atoms with Crippen molar-refractivity contribution in [1.82, 2.24) is 25.3 Å². The predicted molar refractivity (Wildman–Crippen MR) is 67.0 cm³/mol. The molecule has 0 aromatic carbocycles. The summed E-state index contributed by atoms with van der Waals surface area (Å²) >= 11 is 0. The first-order valence-electron chi connectivity index (χ1n) is 6.37. The van der Waals surface area contributed by atoms with E-state index >= 15 is 0 Å². The zero-order valence-corrected chi connectivity index (χ0v) is 11.0. The highest BCUT2D eigenvalue weighted by atomic mass is 16.5. The maximum Gasteiger partial charge on any atom is 0.317 e. The normalized spacial score (nSPS) is 16.1. The smallest absolute Gasteiger partial charge is 0.317 e. The van der Waals surface area contributed by atoms with Crippen molar-refractivity contribution in [3.63, 3.8) is 0 Å². The molecule has 110 valence electrons. The number of amides is 2. The van der Waals surface area contributed by atoms with E-state index in [0.29, 0.717) is 45.0 Å². The summed E-state index contributed by atoms with van der Waals surface area (Å²) in [6.07, 6.45) is 1.81. The van der Waals surface area contributed by atoms with Gasteiger partial charge in [-0.05, 0) is 0 Å². The summed E-state index contributed by atoms with van der Waals surface area (Å²) in [7, 11) is 0. The van der Waals surface area contributed by atoms with E-state index in [1.807, 2.05) is 4.90 Å². The molecule has 2 rings (SSSR count). The van der Waals surface area contributed by atoms with Gasteiger partial charge in [0.1, 0.15) is 0 Å². The number of piperazine rings is 1. The van der Waals surface area contributed by atoms with Gasteiger partial charge in [-0.3, -0.25) is 9.69 Å². The van der Waals surface area contributed by atoms with Gasteiger partial charge in [0.05, 0.1) is 6.54 Å². The molecule has 1 fully saturated rings. The second kappa shape index (κ2) is 6.85. The Hall–Kier alpha value is -2.16. The number of hydrogen-bond donors (Lipinski definition) is 2. The summed E-state index contributed by atoms with van der Waals surface area (Å²) in [6, 6.07) is -0.153. The lowest BCUT2D eigenvalue weighted by Gasteiger charge is -2.33. The van der Waals surface area contributed by atoms with E-state index in [4.69, 9.17) is 9.63 Å². The van der Waals surface area contributed by atoms with Gasteiger partial charge in [0.15, 0.2) is 6.33 Å². The van der Waals surface area contributed by atoms with E-state index in [2.05, 4.69) is 15.5 Å². The van der Waals surface area contributed by atoms with Crippen LogP contribution in [-0.2, 0) is 11.2 Å². The van der Waals surface area contributed by atoms with Crippen molar-refractivity contribution in [2.75, 3.05) is 39.3 Å². The highest BCUT2D eigenvalue weighted by Crippen LogP contribution is 2.01. The molecule has 0 unspecified atom stereocenters. The lowest BCUT2D eigenvalue weighted by Crippen LogP contribution is -2.52. The van der Waals surface area contributed by atoms with Crippen LogP contribution in [0.25, 0.3) is 0 Å². The van der Waals surface area contributed by atoms with E-state index in [1.165, 1.54) is 6.33 Å². The van der Waals surface area contributed by atoms with Crippen LogP contribution in [0.15, 0.2) is 10.9 Å². The number of nitrogens with zero attached hydrogens (tertiary/aromatic N) is 4. The second-order valence-electron chi connectivity index (χ2n) is 4.47. The number of carbonyl (C=O) groups excluding carboxylic acids is 1. The second-order valence-corrected chi connectivity index (χ2v) is 4.47. The van der Waals surface area contributed by atoms with Gasteiger partial charge in [-0.15, -0.1) is 0 Å². The third-order valence-corrected chi connectivity index (χ3v) is 3.04. The van der Waals surface area contributed by atoms with Gasteiger partial charge in [0, 0.05) is 39.1 Å². The first-order valence-corrected chi connectivity index (χ1v) is 6.37. The summed E-state index contributed by atoms with van der Waals surface area (Å²) in [6.45, 7) is 2.65. The molecule has 0 radical (unpaired) electrons. The summed E-state index contributed by atoms with van der Waals surface area (Å²) in [4.78, 5) is 29.8. The lowest BCUT2D eigenvalue weighted by molar-refractivity contribution is -0.138. The maximum absolute atomic E-state index is 11.9. The molecular formula is C11H17N5O4. The van der Waals surface area contributed by atoms with Crippen LogP contribution in [0.2, 0.25) is 0 Å². The van der Waals surface area contributed by atoms with Gasteiger partial charge in [-0.1, -0.05) is 5.16 Å². The number of aliphatic carboxylic acids is 1. The molecule has 2 N–H and O–H groups in total. The fourth-order valence-corrected chi connectivity index (χ4v) is 1.99. The van der Waals surface area contributed by atoms with Gasteiger partial charge < -0.3 is 19.8 Å². The van der Waals surface area contributed by atoms with Crippen molar-refractivity contribution >= 4 is 12.0 Å². The Morgan fingerprint density at radius 3 is 2.70 bits per heavy atom. The quantitative estimate of drug-likeness (QED) is 0.714. The van der Waals surface area contributed by atoms with E-state index in [9.17, 15) is 9.59 Å². The Bertz CT molecular complexity index is 442. The first-order chi connectivity index (χ1) is 9.65. The van der Waals surface area contributed by atoms with Crippen LogP contribution in [0, 0.1) is 0 Å². The number of hydrogen-bond acceptors (Lipinski definition) is 6. The van der Waals surface area contributed by atoms with Gasteiger partial charge in [-0.25, -0.2) is 4.79 Å². The third-order valence-electron chi connectivity index (χ3n) is 3.04. The number of aromatic nitrogens is 2. The van der Waals surface area contributed by atoms with Crippen LogP contribution in [0.5, 0.6) is 0 Å². The Balaban J connectivity index is 1.65. The minimum atomic E-state index is -0.845. The van der Waals surface area contributed by atoms with Crippen LogP contribution in [-0.4, -0.2) is 76.3 Å². The molecule has 1 aliphatic rings. The number of carboxylic acids is 1. The Kier molecular flexibility index (Phi) is 4.88. The highest BCUT2D eigenvalue weighted by molar-refractivity contribution is 5.74. The Labute approximate surface area is 115 Å². The molecule has 1 aromatic rings. The monoisotopic (exact) mass is 283 g/mol. The Morgan fingerprint density at radius 2 is 2.10 bits per heavy atom. The lowest BCUT2D eigenvalue weighted by atomic mass is 10.3. The molecule has 0 atom stereocenters. The van der Waals surface area contributed by atoms with Crippen molar-refractivity contribution in [3.05, 3.63) is 12.2 Å².